The Morgan fingerprint density at radius 1 is 1.23 bits per heavy atom. The molecule has 0 aromatic heterocycles. The highest BCUT2D eigenvalue weighted by molar-refractivity contribution is 5.79. The molecule has 0 spiro atoms. The third-order valence-electron chi connectivity index (χ3n) is 5.10. The lowest BCUT2D eigenvalue weighted by Gasteiger charge is -2.25. The van der Waals surface area contributed by atoms with Gasteiger partial charge in [0.2, 0.25) is 5.91 Å². The van der Waals surface area contributed by atoms with Crippen molar-refractivity contribution in [3.63, 3.8) is 0 Å². The molecule has 0 saturated carbocycles. The topological polar surface area (TPSA) is 71.0 Å². The maximum Gasteiger partial charge on any atom is 0.224 e. The van der Waals surface area contributed by atoms with Crippen LogP contribution >= 0.6 is 0 Å². The highest BCUT2D eigenvalue weighted by atomic mass is 19.2. The molecule has 30 heavy (non-hydrogen) atoms. The SMILES string of the molecule is CCOc1ccc(C(CN2CCC(OO)C2)NC(=O)Cc2ccc(F)c(F)c2)cc1. The van der Waals surface area contributed by atoms with Gasteiger partial charge in [0.25, 0.3) is 0 Å². The quantitative estimate of drug-likeness (QED) is 0.481. The van der Waals surface area contributed by atoms with Gasteiger partial charge in [-0.1, -0.05) is 18.2 Å². The molecule has 0 aliphatic carbocycles. The van der Waals surface area contributed by atoms with Gasteiger partial charge in [-0.3, -0.25) is 15.0 Å². The van der Waals surface area contributed by atoms with Gasteiger partial charge in [0.15, 0.2) is 11.6 Å². The molecule has 6 nitrogen and oxygen atoms in total. The van der Waals surface area contributed by atoms with E-state index >= 15 is 0 Å². The van der Waals surface area contributed by atoms with Crippen LogP contribution in [0.1, 0.15) is 30.5 Å². The van der Waals surface area contributed by atoms with Crippen LogP contribution in [0.3, 0.4) is 0 Å². The van der Waals surface area contributed by atoms with Crippen LogP contribution in [0.5, 0.6) is 5.75 Å². The second-order valence-corrected chi connectivity index (χ2v) is 7.32. The number of ether oxygens (including phenoxy) is 1. The van der Waals surface area contributed by atoms with E-state index in [1.54, 1.807) is 0 Å². The van der Waals surface area contributed by atoms with E-state index in [-0.39, 0.29) is 24.5 Å². The predicted molar refractivity (Wildman–Crippen MR) is 107 cm³/mol. The van der Waals surface area contributed by atoms with Crippen molar-refractivity contribution in [3.8, 4) is 5.75 Å². The molecule has 1 aliphatic heterocycles. The summed E-state index contributed by atoms with van der Waals surface area (Å²) < 4.78 is 32.0. The first-order valence-corrected chi connectivity index (χ1v) is 9.97. The highest BCUT2D eigenvalue weighted by Crippen LogP contribution is 2.22. The lowest BCUT2D eigenvalue weighted by Crippen LogP contribution is -2.38. The fourth-order valence-electron chi connectivity index (χ4n) is 3.58. The minimum Gasteiger partial charge on any atom is -0.494 e. The molecule has 2 N–H and O–H groups in total. The van der Waals surface area contributed by atoms with Crippen molar-refractivity contribution in [3.05, 3.63) is 65.2 Å². The van der Waals surface area contributed by atoms with Gasteiger partial charge in [0.05, 0.1) is 19.1 Å². The molecule has 1 fully saturated rings. The average molecular weight is 420 g/mol. The second-order valence-electron chi connectivity index (χ2n) is 7.32. The summed E-state index contributed by atoms with van der Waals surface area (Å²) in [4.78, 5) is 19.2. The molecular formula is C22H26F2N2O4. The highest BCUT2D eigenvalue weighted by Gasteiger charge is 2.27. The molecule has 2 atom stereocenters. The Morgan fingerprint density at radius 2 is 2.00 bits per heavy atom. The minimum absolute atomic E-state index is 0.0624. The summed E-state index contributed by atoms with van der Waals surface area (Å²) in [7, 11) is 0. The zero-order valence-corrected chi connectivity index (χ0v) is 16.8. The first kappa shape index (κ1) is 22.1. The van der Waals surface area contributed by atoms with Crippen LogP contribution in [0.4, 0.5) is 8.78 Å². The van der Waals surface area contributed by atoms with Crippen LogP contribution in [0, 0.1) is 11.6 Å². The van der Waals surface area contributed by atoms with E-state index in [0.717, 1.165) is 30.0 Å². The number of carbonyl (C=O) groups excluding carboxylic acids is 1. The van der Waals surface area contributed by atoms with E-state index in [1.165, 1.54) is 6.07 Å². The van der Waals surface area contributed by atoms with Crippen molar-refractivity contribution >= 4 is 5.91 Å². The number of rotatable bonds is 9. The second kappa shape index (κ2) is 10.5. The summed E-state index contributed by atoms with van der Waals surface area (Å²) in [6.45, 7) is 4.28. The fraction of sp³-hybridized carbons (Fsp3) is 0.409. The van der Waals surface area contributed by atoms with Gasteiger partial charge in [-0.25, -0.2) is 13.7 Å². The van der Waals surface area contributed by atoms with E-state index < -0.39 is 11.6 Å². The van der Waals surface area contributed by atoms with E-state index in [2.05, 4.69) is 15.1 Å². The van der Waals surface area contributed by atoms with Crippen LogP contribution in [0.2, 0.25) is 0 Å². The van der Waals surface area contributed by atoms with Crippen LogP contribution in [0.25, 0.3) is 0 Å². The number of halogens is 2. The molecule has 162 valence electrons. The Bertz CT molecular complexity index is 848. The summed E-state index contributed by atoms with van der Waals surface area (Å²) in [5.74, 6) is -1.48. The summed E-state index contributed by atoms with van der Waals surface area (Å²) in [5.41, 5.74) is 1.29. The van der Waals surface area contributed by atoms with Crippen molar-refractivity contribution in [1.29, 1.82) is 0 Å². The van der Waals surface area contributed by atoms with Crippen molar-refractivity contribution in [2.45, 2.75) is 31.9 Å². The Kier molecular flexibility index (Phi) is 7.73. The summed E-state index contributed by atoms with van der Waals surface area (Å²) in [5, 5.41) is 11.9. The monoisotopic (exact) mass is 420 g/mol. The van der Waals surface area contributed by atoms with Gasteiger partial charge in [-0.05, 0) is 48.7 Å². The van der Waals surface area contributed by atoms with Crippen molar-refractivity contribution in [2.75, 3.05) is 26.2 Å². The lowest BCUT2D eigenvalue weighted by atomic mass is 10.0. The van der Waals surface area contributed by atoms with E-state index in [9.17, 15) is 13.6 Å². The number of carbonyl (C=O) groups is 1. The molecule has 1 heterocycles. The Hall–Kier alpha value is -2.55. The normalized spacial score (nSPS) is 17.7. The maximum atomic E-state index is 13.4. The smallest absolute Gasteiger partial charge is 0.224 e. The third kappa shape index (κ3) is 5.98. The van der Waals surface area contributed by atoms with Gasteiger partial charge < -0.3 is 10.1 Å². The van der Waals surface area contributed by atoms with Gasteiger partial charge in [0, 0.05) is 19.6 Å². The van der Waals surface area contributed by atoms with Crippen molar-refractivity contribution in [1.82, 2.24) is 10.2 Å². The first-order chi connectivity index (χ1) is 14.5. The lowest BCUT2D eigenvalue weighted by molar-refractivity contribution is -0.274. The van der Waals surface area contributed by atoms with Gasteiger partial charge in [-0.15, -0.1) is 0 Å². The largest absolute Gasteiger partial charge is 0.494 e. The molecule has 1 aliphatic rings. The molecule has 1 saturated heterocycles. The zero-order valence-electron chi connectivity index (χ0n) is 16.8. The third-order valence-corrected chi connectivity index (χ3v) is 5.10. The Balaban J connectivity index is 1.70. The van der Waals surface area contributed by atoms with Crippen LogP contribution < -0.4 is 10.1 Å². The van der Waals surface area contributed by atoms with Crippen LogP contribution in [-0.2, 0) is 16.1 Å². The molecule has 8 heteroatoms. The molecule has 0 radical (unpaired) electrons. The number of likely N-dealkylation sites (tertiary alicyclic amines) is 1. The number of amides is 1. The minimum atomic E-state index is -0.976. The maximum absolute atomic E-state index is 13.4. The zero-order chi connectivity index (χ0) is 21.5. The number of benzene rings is 2. The number of hydrogen-bond acceptors (Lipinski definition) is 5. The summed E-state index contributed by atoms with van der Waals surface area (Å²) in [6.07, 6.45) is 0.395. The standard InChI is InChI=1S/C22H26F2N2O4/c1-2-29-17-6-4-16(5-7-17)21(14-26-10-9-18(13-26)30-28)25-22(27)12-15-3-8-19(23)20(24)11-15/h3-8,11,18,21,28H,2,9-10,12-14H2,1H3,(H,25,27). The molecule has 2 aromatic rings. The predicted octanol–water partition coefficient (Wildman–Crippen LogP) is 3.33. The van der Waals surface area contributed by atoms with Crippen LogP contribution in [-0.4, -0.2) is 48.4 Å². The number of nitrogens with zero attached hydrogens (tertiary/aromatic N) is 1. The Labute approximate surface area is 174 Å². The molecule has 2 aromatic carbocycles. The summed E-state index contributed by atoms with van der Waals surface area (Å²) >= 11 is 0. The number of nitrogens with one attached hydrogen (secondary N) is 1. The van der Waals surface area contributed by atoms with Gasteiger partial charge in [0.1, 0.15) is 11.9 Å². The molecule has 0 bridgehead atoms. The number of hydrogen-bond donors (Lipinski definition) is 2. The summed E-state index contributed by atoms with van der Waals surface area (Å²) in [6, 6.07) is 10.6. The van der Waals surface area contributed by atoms with Crippen molar-refractivity contribution in [2.24, 2.45) is 0 Å². The van der Waals surface area contributed by atoms with Gasteiger partial charge >= 0.3 is 0 Å². The van der Waals surface area contributed by atoms with E-state index in [4.69, 9.17) is 9.99 Å². The molecule has 2 unspecified atom stereocenters. The Morgan fingerprint density at radius 3 is 2.63 bits per heavy atom. The molecular weight excluding hydrogens is 394 g/mol. The fourth-order valence-corrected chi connectivity index (χ4v) is 3.58. The van der Waals surface area contributed by atoms with E-state index in [0.29, 0.717) is 31.7 Å². The first-order valence-electron chi connectivity index (χ1n) is 9.97. The molecule has 1 amide bonds. The van der Waals surface area contributed by atoms with Crippen LogP contribution in [0.15, 0.2) is 42.5 Å². The van der Waals surface area contributed by atoms with Gasteiger partial charge in [-0.2, -0.15) is 0 Å². The van der Waals surface area contributed by atoms with Crippen molar-refractivity contribution < 1.29 is 28.5 Å². The molecule has 3 rings (SSSR count). The average Bonchev–Trinajstić information content (AvgIpc) is 3.19. The van der Waals surface area contributed by atoms with E-state index in [1.807, 2.05) is 31.2 Å².